The van der Waals surface area contributed by atoms with Gasteiger partial charge in [0.05, 0.1) is 12.2 Å². The quantitative estimate of drug-likeness (QED) is 0.452. The van der Waals surface area contributed by atoms with Crippen molar-refractivity contribution in [2.45, 2.75) is 76.7 Å². The summed E-state index contributed by atoms with van der Waals surface area (Å²) in [5.74, 6) is 1.30. The van der Waals surface area contributed by atoms with Crippen LogP contribution in [0, 0.1) is 17.3 Å². The molecule has 1 aromatic carbocycles. The molecule has 0 amide bonds. The molecule has 4 aliphatic carbocycles. The highest BCUT2D eigenvalue weighted by molar-refractivity contribution is 5.96. The van der Waals surface area contributed by atoms with Gasteiger partial charge in [0.25, 0.3) is 0 Å². The Morgan fingerprint density at radius 2 is 1.91 bits per heavy atom. The molecule has 4 nitrogen and oxygen atoms in total. The lowest BCUT2D eigenvalue weighted by atomic mass is 9.51. The molecule has 2 N–H and O–H groups in total. The van der Waals surface area contributed by atoms with Crippen LogP contribution in [-0.2, 0) is 4.79 Å². The fourth-order valence-corrected chi connectivity index (χ4v) is 7.62. The number of allylic oxidation sites excluding steroid dienone is 4. The smallest absolute Gasteiger partial charge is 0.162 e. The summed E-state index contributed by atoms with van der Waals surface area (Å²) < 4.78 is 0. The number of aliphatic hydroxyl groups is 2. The molecule has 0 unspecified atom stereocenters. The largest absolute Gasteiger partial charge is 0.392 e. The predicted octanol–water partition coefficient (Wildman–Crippen LogP) is 5.46. The van der Waals surface area contributed by atoms with E-state index in [4.69, 9.17) is 0 Å². The van der Waals surface area contributed by atoms with E-state index in [1.807, 2.05) is 31.2 Å². The van der Waals surface area contributed by atoms with Crippen LogP contribution in [0.25, 0.3) is 0 Å². The number of aliphatic hydroxyl groups excluding tert-OH is 1. The zero-order valence-corrected chi connectivity index (χ0v) is 20.3. The van der Waals surface area contributed by atoms with Crippen LogP contribution in [0.1, 0.15) is 87.1 Å². The number of fused-ring (bicyclic) bond motifs is 4. The van der Waals surface area contributed by atoms with Crippen LogP contribution in [0.3, 0.4) is 0 Å². The molecule has 2 saturated carbocycles. The molecular weight excluding hydrogens is 424 g/mol. The first-order valence-electron chi connectivity index (χ1n) is 12.9. The number of ketones is 2. The van der Waals surface area contributed by atoms with Gasteiger partial charge in [-0.3, -0.25) is 9.59 Å². The van der Waals surface area contributed by atoms with Crippen LogP contribution in [0.5, 0.6) is 0 Å². The van der Waals surface area contributed by atoms with Crippen molar-refractivity contribution < 1.29 is 19.8 Å². The molecule has 0 aliphatic heterocycles. The highest BCUT2D eigenvalue weighted by Crippen LogP contribution is 2.67. The number of carbonyl (C=O) groups is 2. The van der Waals surface area contributed by atoms with Crippen LogP contribution < -0.4 is 0 Å². The Morgan fingerprint density at radius 1 is 1.15 bits per heavy atom. The minimum atomic E-state index is -0.939. The molecule has 0 spiro atoms. The molecule has 4 heteroatoms. The topological polar surface area (TPSA) is 74.6 Å². The normalized spacial score (nSPS) is 35.1. The molecule has 0 aromatic heterocycles. The van der Waals surface area contributed by atoms with E-state index in [-0.39, 0.29) is 29.5 Å². The SMILES string of the molecule is CCC(=O)c1ccc([C@H]2C[C@@]3(C)[C@@H](CC[C@@]3(O)/C=C\CO)[C@@H]3CCC4=CC(=O)CCC4=C32)cc1. The molecule has 1 aromatic rings. The lowest BCUT2D eigenvalue weighted by Gasteiger charge is -2.54. The lowest BCUT2D eigenvalue weighted by molar-refractivity contribution is -0.114. The average Bonchev–Trinajstić information content (AvgIpc) is 3.12. The Bertz CT molecular complexity index is 1090. The third-order valence-electron chi connectivity index (χ3n) is 9.41. The molecule has 4 aliphatic rings. The van der Waals surface area contributed by atoms with Crippen LogP contribution >= 0.6 is 0 Å². The van der Waals surface area contributed by atoms with Gasteiger partial charge in [0, 0.05) is 29.7 Å². The number of rotatable bonds is 5. The maximum Gasteiger partial charge on any atom is 0.162 e. The van der Waals surface area contributed by atoms with Crippen molar-refractivity contribution in [2.24, 2.45) is 17.3 Å². The summed E-state index contributed by atoms with van der Waals surface area (Å²) in [7, 11) is 0. The molecule has 0 radical (unpaired) electrons. The molecule has 2 fully saturated rings. The fraction of sp³-hybridized carbons (Fsp3) is 0.533. The van der Waals surface area contributed by atoms with Gasteiger partial charge in [0.15, 0.2) is 11.6 Å². The number of benzene rings is 1. The molecule has 34 heavy (non-hydrogen) atoms. The van der Waals surface area contributed by atoms with E-state index in [9.17, 15) is 19.8 Å². The summed E-state index contributed by atoms with van der Waals surface area (Å²) in [4.78, 5) is 24.4. The molecule has 0 heterocycles. The van der Waals surface area contributed by atoms with Crippen molar-refractivity contribution >= 4 is 11.6 Å². The van der Waals surface area contributed by atoms with Gasteiger partial charge in [0.2, 0.25) is 0 Å². The van der Waals surface area contributed by atoms with Gasteiger partial charge in [-0.05, 0) is 73.1 Å². The summed E-state index contributed by atoms with van der Waals surface area (Å²) in [6.07, 6.45) is 11.8. The van der Waals surface area contributed by atoms with E-state index in [0.29, 0.717) is 31.1 Å². The van der Waals surface area contributed by atoms with Gasteiger partial charge in [-0.15, -0.1) is 0 Å². The van der Waals surface area contributed by atoms with Crippen LogP contribution in [0.4, 0.5) is 0 Å². The zero-order chi connectivity index (χ0) is 24.1. The van der Waals surface area contributed by atoms with Crippen molar-refractivity contribution in [3.63, 3.8) is 0 Å². The van der Waals surface area contributed by atoms with Crippen molar-refractivity contribution in [3.05, 3.63) is 70.3 Å². The van der Waals surface area contributed by atoms with Crippen molar-refractivity contribution in [3.8, 4) is 0 Å². The summed E-state index contributed by atoms with van der Waals surface area (Å²) in [6, 6.07) is 8.11. The minimum Gasteiger partial charge on any atom is -0.392 e. The third kappa shape index (κ3) is 3.58. The minimum absolute atomic E-state index is 0.0691. The second kappa shape index (κ2) is 8.73. The second-order valence-corrected chi connectivity index (χ2v) is 10.9. The summed E-state index contributed by atoms with van der Waals surface area (Å²) in [5.41, 5.74) is 4.79. The molecule has 5 atom stereocenters. The predicted molar refractivity (Wildman–Crippen MR) is 133 cm³/mol. The fourth-order valence-electron chi connectivity index (χ4n) is 7.62. The number of hydrogen-bond donors (Lipinski definition) is 2. The molecule has 0 saturated heterocycles. The Kier molecular flexibility index (Phi) is 6.02. The lowest BCUT2D eigenvalue weighted by Crippen LogP contribution is -2.50. The van der Waals surface area contributed by atoms with Crippen LogP contribution in [-0.4, -0.2) is 34.0 Å². The Hall–Kier alpha value is -2.30. The van der Waals surface area contributed by atoms with Gasteiger partial charge in [-0.2, -0.15) is 0 Å². The maximum atomic E-state index is 12.2. The zero-order valence-electron chi connectivity index (χ0n) is 20.3. The first-order chi connectivity index (χ1) is 16.3. The van der Waals surface area contributed by atoms with E-state index in [1.54, 1.807) is 6.08 Å². The van der Waals surface area contributed by atoms with Gasteiger partial charge < -0.3 is 10.2 Å². The molecule has 0 bridgehead atoms. The summed E-state index contributed by atoms with van der Waals surface area (Å²) in [6.45, 7) is 4.06. The Balaban J connectivity index is 1.64. The Labute approximate surface area is 202 Å². The standard InChI is InChI=1S/C30H36O4/c1-3-27(33)20-7-5-19(6-8-20)25-18-29(2)26(13-15-30(29,34)14-4-16-31)24-11-9-21-17-22(32)10-12-23(21)28(24)25/h4-8,14,17,24-26,31,34H,3,9-13,15-16,18H2,1-2H3/b14-4-/t24-,25+,26-,29-,30-/m0/s1. The van der Waals surface area contributed by atoms with Gasteiger partial charge in [-0.1, -0.05) is 55.8 Å². The molecule has 180 valence electrons. The first-order valence-corrected chi connectivity index (χ1v) is 12.9. The number of Topliss-reactive ketones (excluding diaryl/α,β-unsaturated/α-hetero) is 1. The van der Waals surface area contributed by atoms with Gasteiger partial charge in [-0.25, -0.2) is 0 Å². The highest BCUT2D eigenvalue weighted by Gasteiger charge is 2.61. The highest BCUT2D eigenvalue weighted by atomic mass is 16.3. The average molecular weight is 461 g/mol. The summed E-state index contributed by atoms with van der Waals surface area (Å²) in [5, 5.41) is 21.2. The molecular formula is C30H36O4. The van der Waals surface area contributed by atoms with Gasteiger partial charge in [0.1, 0.15) is 0 Å². The van der Waals surface area contributed by atoms with E-state index in [1.165, 1.54) is 22.3 Å². The number of carbonyl (C=O) groups excluding carboxylic acids is 2. The third-order valence-corrected chi connectivity index (χ3v) is 9.41. The van der Waals surface area contributed by atoms with Crippen molar-refractivity contribution in [2.75, 3.05) is 6.61 Å². The first kappa shape index (κ1) is 23.4. The second-order valence-electron chi connectivity index (χ2n) is 10.9. The van der Waals surface area contributed by atoms with Crippen molar-refractivity contribution in [1.29, 1.82) is 0 Å². The van der Waals surface area contributed by atoms with E-state index >= 15 is 0 Å². The van der Waals surface area contributed by atoms with E-state index < -0.39 is 5.60 Å². The van der Waals surface area contributed by atoms with Crippen molar-refractivity contribution in [1.82, 2.24) is 0 Å². The van der Waals surface area contributed by atoms with E-state index in [0.717, 1.165) is 37.7 Å². The Morgan fingerprint density at radius 3 is 2.62 bits per heavy atom. The molecule has 5 rings (SSSR count). The number of hydrogen-bond acceptors (Lipinski definition) is 4. The van der Waals surface area contributed by atoms with Crippen LogP contribution in [0.2, 0.25) is 0 Å². The summed E-state index contributed by atoms with van der Waals surface area (Å²) >= 11 is 0. The monoisotopic (exact) mass is 460 g/mol. The van der Waals surface area contributed by atoms with Crippen LogP contribution in [0.15, 0.2) is 59.2 Å². The maximum absolute atomic E-state index is 12.2. The van der Waals surface area contributed by atoms with E-state index in [2.05, 4.69) is 19.1 Å². The van der Waals surface area contributed by atoms with Gasteiger partial charge >= 0.3 is 0 Å².